The topological polar surface area (TPSA) is 26.3 Å². The van der Waals surface area contributed by atoms with Crippen LogP contribution >= 0.6 is 0 Å². The molecule has 2 heteroatoms. The van der Waals surface area contributed by atoms with Crippen molar-refractivity contribution in [2.75, 3.05) is 6.61 Å². The molecular formula is C10H20O2. The van der Waals surface area contributed by atoms with Crippen LogP contribution in [0, 0.1) is 5.92 Å². The van der Waals surface area contributed by atoms with Gasteiger partial charge in [0.15, 0.2) is 0 Å². The van der Waals surface area contributed by atoms with E-state index in [9.17, 15) is 4.79 Å². The number of esters is 1. The zero-order valence-corrected chi connectivity index (χ0v) is 8.43. The quantitative estimate of drug-likeness (QED) is 0.455. The molecule has 0 heterocycles. The average molecular weight is 172 g/mol. The summed E-state index contributed by atoms with van der Waals surface area (Å²) in [4.78, 5) is 10.9. The van der Waals surface area contributed by atoms with E-state index in [2.05, 4.69) is 13.8 Å². The van der Waals surface area contributed by atoms with Gasteiger partial charge in [-0.2, -0.15) is 0 Å². The molecule has 0 aromatic carbocycles. The first-order valence-electron chi connectivity index (χ1n) is 4.82. The van der Waals surface area contributed by atoms with Gasteiger partial charge in [-0.3, -0.25) is 4.79 Å². The van der Waals surface area contributed by atoms with Gasteiger partial charge in [-0.05, 0) is 25.2 Å². The molecule has 0 aromatic heterocycles. The average Bonchev–Trinajstić information content (AvgIpc) is 1.98. The van der Waals surface area contributed by atoms with Gasteiger partial charge in [0.25, 0.3) is 0 Å². The van der Waals surface area contributed by atoms with Crippen LogP contribution in [-0.2, 0) is 9.53 Å². The summed E-state index contributed by atoms with van der Waals surface area (Å²) in [6.45, 7) is 6.92. The molecule has 0 spiro atoms. The van der Waals surface area contributed by atoms with E-state index in [1.54, 1.807) is 0 Å². The Labute approximate surface area is 75.3 Å². The highest BCUT2D eigenvalue weighted by Crippen LogP contribution is 2.03. The fourth-order valence-electron chi connectivity index (χ4n) is 0.954. The third kappa shape index (κ3) is 7.58. The summed E-state index contributed by atoms with van der Waals surface area (Å²) in [5.74, 6) is 0.649. The Hall–Kier alpha value is -0.530. The fraction of sp³-hybridized carbons (Fsp3) is 0.900. The van der Waals surface area contributed by atoms with E-state index in [1.807, 2.05) is 6.92 Å². The molecule has 0 bridgehead atoms. The molecule has 0 saturated heterocycles. The van der Waals surface area contributed by atoms with Crippen molar-refractivity contribution in [2.24, 2.45) is 5.92 Å². The van der Waals surface area contributed by atoms with Crippen LogP contribution in [0.1, 0.15) is 46.5 Å². The molecule has 0 radical (unpaired) electrons. The van der Waals surface area contributed by atoms with Crippen molar-refractivity contribution < 1.29 is 9.53 Å². The minimum absolute atomic E-state index is 0.0544. The predicted molar refractivity (Wildman–Crippen MR) is 49.9 cm³/mol. The summed E-state index contributed by atoms with van der Waals surface area (Å²) in [5.41, 5.74) is 0. The molecule has 0 aliphatic rings. The van der Waals surface area contributed by atoms with Gasteiger partial charge >= 0.3 is 5.97 Å². The van der Waals surface area contributed by atoms with Crippen molar-refractivity contribution in [1.82, 2.24) is 0 Å². The van der Waals surface area contributed by atoms with E-state index >= 15 is 0 Å². The smallest absolute Gasteiger partial charge is 0.305 e. The molecule has 0 rings (SSSR count). The van der Waals surface area contributed by atoms with Crippen LogP contribution < -0.4 is 0 Å². The Balaban J connectivity index is 3.14. The zero-order chi connectivity index (χ0) is 9.40. The lowest BCUT2D eigenvalue weighted by atomic mass is 10.1. The highest BCUT2D eigenvalue weighted by Gasteiger charge is 2.00. The molecule has 0 saturated carbocycles. The summed E-state index contributed by atoms with van der Waals surface area (Å²) in [5, 5.41) is 0. The van der Waals surface area contributed by atoms with Gasteiger partial charge in [0.05, 0.1) is 6.61 Å². The Morgan fingerprint density at radius 2 is 2.08 bits per heavy atom. The van der Waals surface area contributed by atoms with E-state index in [0.29, 0.717) is 18.9 Å². The van der Waals surface area contributed by atoms with E-state index in [-0.39, 0.29) is 5.97 Å². The third-order valence-corrected chi connectivity index (χ3v) is 1.64. The first-order valence-corrected chi connectivity index (χ1v) is 4.82. The second-order valence-electron chi connectivity index (χ2n) is 3.51. The molecule has 0 atom stereocenters. The van der Waals surface area contributed by atoms with Crippen molar-refractivity contribution in [3.8, 4) is 0 Å². The van der Waals surface area contributed by atoms with Crippen molar-refractivity contribution in [3.05, 3.63) is 0 Å². The van der Waals surface area contributed by atoms with Crippen molar-refractivity contribution >= 4 is 5.97 Å². The number of carbonyl (C=O) groups is 1. The minimum atomic E-state index is -0.0544. The maximum atomic E-state index is 10.9. The Morgan fingerprint density at radius 3 is 2.58 bits per heavy atom. The van der Waals surface area contributed by atoms with Crippen LogP contribution in [-0.4, -0.2) is 12.6 Å². The highest BCUT2D eigenvalue weighted by atomic mass is 16.5. The Bertz CT molecular complexity index is 119. The maximum Gasteiger partial charge on any atom is 0.305 e. The van der Waals surface area contributed by atoms with Crippen LogP contribution in [0.25, 0.3) is 0 Å². The second-order valence-corrected chi connectivity index (χ2v) is 3.51. The summed E-state index contributed by atoms with van der Waals surface area (Å²) < 4.78 is 4.99. The molecule has 2 nitrogen and oxygen atoms in total. The van der Waals surface area contributed by atoms with Gasteiger partial charge in [0.2, 0.25) is 0 Å². The summed E-state index contributed by atoms with van der Waals surface area (Å²) in [6.07, 6.45) is 3.57. The van der Waals surface area contributed by atoms with Gasteiger partial charge in [-0.1, -0.05) is 20.8 Å². The van der Waals surface area contributed by atoms with Crippen LogP contribution in [0.2, 0.25) is 0 Å². The van der Waals surface area contributed by atoms with Gasteiger partial charge < -0.3 is 4.74 Å². The first kappa shape index (κ1) is 11.5. The van der Waals surface area contributed by atoms with Gasteiger partial charge in [0.1, 0.15) is 0 Å². The molecular weight excluding hydrogens is 152 g/mol. The zero-order valence-electron chi connectivity index (χ0n) is 8.43. The molecule has 0 aromatic rings. The third-order valence-electron chi connectivity index (χ3n) is 1.64. The summed E-state index contributed by atoms with van der Waals surface area (Å²) >= 11 is 0. The predicted octanol–water partition coefficient (Wildman–Crippen LogP) is 2.77. The van der Waals surface area contributed by atoms with Crippen molar-refractivity contribution in [2.45, 2.75) is 46.5 Å². The normalized spacial score (nSPS) is 10.3. The van der Waals surface area contributed by atoms with Crippen LogP contribution in [0.5, 0.6) is 0 Å². The first-order chi connectivity index (χ1) is 5.66. The van der Waals surface area contributed by atoms with E-state index < -0.39 is 0 Å². The van der Waals surface area contributed by atoms with Gasteiger partial charge in [-0.25, -0.2) is 0 Å². The lowest BCUT2D eigenvalue weighted by Gasteiger charge is -2.05. The Kier molecular flexibility index (Phi) is 6.82. The fourth-order valence-corrected chi connectivity index (χ4v) is 0.954. The lowest BCUT2D eigenvalue weighted by Crippen LogP contribution is -2.05. The van der Waals surface area contributed by atoms with Crippen LogP contribution in [0.4, 0.5) is 0 Å². The highest BCUT2D eigenvalue weighted by molar-refractivity contribution is 5.69. The molecule has 0 aliphatic carbocycles. The van der Waals surface area contributed by atoms with E-state index in [1.165, 1.54) is 0 Å². The molecule has 72 valence electrons. The molecule has 12 heavy (non-hydrogen) atoms. The number of carbonyl (C=O) groups excluding carboxylic acids is 1. The molecule has 0 unspecified atom stereocenters. The number of rotatable bonds is 6. The van der Waals surface area contributed by atoms with Gasteiger partial charge in [0, 0.05) is 6.42 Å². The largest absolute Gasteiger partial charge is 0.466 e. The minimum Gasteiger partial charge on any atom is -0.466 e. The van der Waals surface area contributed by atoms with E-state index in [4.69, 9.17) is 4.74 Å². The Morgan fingerprint density at radius 1 is 1.42 bits per heavy atom. The van der Waals surface area contributed by atoms with Crippen molar-refractivity contribution in [1.29, 1.82) is 0 Å². The maximum absolute atomic E-state index is 10.9. The summed E-state index contributed by atoms with van der Waals surface area (Å²) in [7, 11) is 0. The molecule has 0 fully saturated rings. The van der Waals surface area contributed by atoms with E-state index in [0.717, 1.165) is 19.3 Å². The molecule has 0 aliphatic heterocycles. The number of ether oxygens (including phenoxy) is 1. The summed E-state index contributed by atoms with van der Waals surface area (Å²) in [6, 6.07) is 0. The van der Waals surface area contributed by atoms with Crippen molar-refractivity contribution in [3.63, 3.8) is 0 Å². The lowest BCUT2D eigenvalue weighted by molar-refractivity contribution is -0.143. The monoisotopic (exact) mass is 172 g/mol. The standard InChI is InChI=1S/C10H20O2/c1-4-6-10(11)12-8-5-7-9(2)3/h9H,4-8H2,1-3H3. The SMILES string of the molecule is CCCC(=O)OCCCC(C)C. The molecule has 0 N–H and O–H groups in total. The number of hydrogen-bond donors (Lipinski definition) is 0. The second kappa shape index (κ2) is 7.14. The van der Waals surface area contributed by atoms with Crippen LogP contribution in [0.3, 0.4) is 0 Å². The van der Waals surface area contributed by atoms with Gasteiger partial charge in [-0.15, -0.1) is 0 Å². The number of hydrogen-bond acceptors (Lipinski definition) is 2. The van der Waals surface area contributed by atoms with Crippen LogP contribution in [0.15, 0.2) is 0 Å². The molecule has 0 amide bonds.